The van der Waals surface area contributed by atoms with Crippen LogP contribution in [0.2, 0.25) is 0 Å². The van der Waals surface area contributed by atoms with Crippen molar-refractivity contribution in [3.05, 3.63) is 46.2 Å². The lowest BCUT2D eigenvalue weighted by atomic mass is 10.2. The van der Waals surface area contributed by atoms with Crippen molar-refractivity contribution in [3.63, 3.8) is 0 Å². The largest absolute Gasteiger partial charge is 0.368 e. The van der Waals surface area contributed by atoms with Crippen molar-refractivity contribution >= 4 is 27.6 Å². The average molecular weight is 358 g/mol. The third-order valence-corrected chi connectivity index (χ3v) is 4.23. The van der Waals surface area contributed by atoms with Crippen LogP contribution in [0.15, 0.2) is 34.9 Å². The SMILES string of the molecule is Cc1ccnc(NC2CCN(c3cc(Br)ccc3C#N)C2)n1. The quantitative estimate of drug-likeness (QED) is 0.913. The Morgan fingerprint density at radius 1 is 1.41 bits per heavy atom. The van der Waals surface area contributed by atoms with Crippen LogP contribution in [-0.4, -0.2) is 29.1 Å². The standard InChI is InChI=1S/C16H16BrN5/c1-11-4-6-19-16(20-11)21-14-5-7-22(10-14)15-8-13(17)3-2-12(15)9-18/h2-4,6,8,14H,5,7,10H2,1H3,(H,19,20,21). The number of aromatic nitrogens is 2. The van der Waals surface area contributed by atoms with E-state index in [-0.39, 0.29) is 6.04 Å². The lowest BCUT2D eigenvalue weighted by Crippen LogP contribution is -2.27. The van der Waals surface area contributed by atoms with E-state index in [1.165, 1.54) is 0 Å². The van der Waals surface area contributed by atoms with E-state index in [9.17, 15) is 5.26 Å². The molecule has 0 radical (unpaired) electrons. The molecule has 5 nitrogen and oxygen atoms in total. The summed E-state index contributed by atoms with van der Waals surface area (Å²) in [4.78, 5) is 10.9. The van der Waals surface area contributed by atoms with Gasteiger partial charge in [0.25, 0.3) is 0 Å². The van der Waals surface area contributed by atoms with Crippen LogP contribution in [0.5, 0.6) is 0 Å². The van der Waals surface area contributed by atoms with Gasteiger partial charge in [0.1, 0.15) is 6.07 Å². The smallest absolute Gasteiger partial charge is 0.223 e. The first-order valence-corrected chi connectivity index (χ1v) is 7.96. The van der Waals surface area contributed by atoms with Crippen LogP contribution in [0, 0.1) is 18.3 Å². The fourth-order valence-electron chi connectivity index (χ4n) is 2.66. The molecule has 1 atom stereocenters. The highest BCUT2D eigenvalue weighted by atomic mass is 79.9. The maximum atomic E-state index is 9.27. The number of hydrogen-bond acceptors (Lipinski definition) is 5. The Morgan fingerprint density at radius 2 is 2.27 bits per heavy atom. The Balaban J connectivity index is 1.73. The van der Waals surface area contributed by atoms with Crippen molar-refractivity contribution < 1.29 is 0 Å². The molecule has 0 aliphatic carbocycles. The number of anilines is 2. The number of benzene rings is 1. The Morgan fingerprint density at radius 3 is 3.05 bits per heavy atom. The summed E-state index contributed by atoms with van der Waals surface area (Å²) in [6, 6.07) is 10.2. The molecule has 1 N–H and O–H groups in total. The Hall–Kier alpha value is -2.13. The van der Waals surface area contributed by atoms with Crippen molar-refractivity contribution in [2.24, 2.45) is 0 Å². The first kappa shape index (κ1) is 14.8. The summed E-state index contributed by atoms with van der Waals surface area (Å²) in [5, 5.41) is 12.6. The maximum absolute atomic E-state index is 9.27. The van der Waals surface area contributed by atoms with Gasteiger partial charge < -0.3 is 10.2 Å². The van der Waals surface area contributed by atoms with Crippen LogP contribution in [-0.2, 0) is 0 Å². The molecule has 2 aromatic rings. The van der Waals surface area contributed by atoms with Crippen molar-refractivity contribution in [1.29, 1.82) is 5.26 Å². The molecular formula is C16H16BrN5. The van der Waals surface area contributed by atoms with E-state index in [1.54, 1.807) is 6.20 Å². The minimum atomic E-state index is 0.285. The van der Waals surface area contributed by atoms with Gasteiger partial charge in [-0.1, -0.05) is 15.9 Å². The van der Waals surface area contributed by atoms with Gasteiger partial charge in [0.05, 0.1) is 11.3 Å². The maximum Gasteiger partial charge on any atom is 0.223 e. The average Bonchev–Trinajstić information content (AvgIpc) is 2.95. The molecule has 1 aliphatic rings. The summed E-state index contributed by atoms with van der Waals surface area (Å²) in [5.74, 6) is 0.668. The van der Waals surface area contributed by atoms with E-state index in [1.807, 2.05) is 31.2 Å². The van der Waals surface area contributed by atoms with Crippen molar-refractivity contribution in [2.75, 3.05) is 23.3 Å². The lowest BCUT2D eigenvalue weighted by molar-refractivity contribution is 0.790. The number of hydrogen-bond donors (Lipinski definition) is 1. The molecule has 1 unspecified atom stereocenters. The first-order chi connectivity index (χ1) is 10.7. The highest BCUT2D eigenvalue weighted by Gasteiger charge is 2.25. The van der Waals surface area contributed by atoms with Crippen molar-refractivity contribution in [2.45, 2.75) is 19.4 Å². The van der Waals surface area contributed by atoms with E-state index in [4.69, 9.17) is 0 Å². The molecule has 1 fully saturated rings. The van der Waals surface area contributed by atoms with Crippen LogP contribution in [0.4, 0.5) is 11.6 Å². The Kier molecular flexibility index (Phi) is 4.25. The Labute approximate surface area is 138 Å². The molecule has 1 aliphatic heterocycles. The lowest BCUT2D eigenvalue weighted by Gasteiger charge is -2.20. The predicted molar refractivity (Wildman–Crippen MR) is 89.9 cm³/mol. The van der Waals surface area contributed by atoms with Gasteiger partial charge >= 0.3 is 0 Å². The van der Waals surface area contributed by atoms with Gasteiger partial charge in [-0.2, -0.15) is 5.26 Å². The van der Waals surface area contributed by atoms with Crippen LogP contribution in [0.25, 0.3) is 0 Å². The van der Waals surface area contributed by atoms with E-state index in [0.717, 1.165) is 35.4 Å². The number of nitriles is 1. The molecule has 112 valence electrons. The van der Waals surface area contributed by atoms with E-state index in [2.05, 4.69) is 42.2 Å². The summed E-state index contributed by atoms with van der Waals surface area (Å²) < 4.78 is 0.986. The molecular weight excluding hydrogens is 342 g/mol. The third kappa shape index (κ3) is 3.20. The van der Waals surface area contributed by atoms with E-state index in [0.29, 0.717) is 11.5 Å². The van der Waals surface area contributed by atoms with Gasteiger partial charge in [-0.3, -0.25) is 0 Å². The van der Waals surface area contributed by atoms with Crippen molar-refractivity contribution in [3.8, 4) is 6.07 Å². The number of nitrogens with zero attached hydrogens (tertiary/aromatic N) is 4. The van der Waals surface area contributed by atoms with Gasteiger partial charge in [0.15, 0.2) is 0 Å². The highest BCUT2D eigenvalue weighted by Crippen LogP contribution is 2.28. The molecule has 0 saturated carbocycles. The van der Waals surface area contributed by atoms with Gasteiger partial charge in [-0.05, 0) is 37.6 Å². The zero-order chi connectivity index (χ0) is 15.5. The molecule has 6 heteroatoms. The summed E-state index contributed by atoms with van der Waals surface area (Å²) in [6.07, 6.45) is 2.76. The predicted octanol–water partition coefficient (Wildman–Crippen LogP) is 3.11. The number of rotatable bonds is 3. The van der Waals surface area contributed by atoms with Gasteiger partial charge in [0, 0.05) is 35.5 Å². The summed E-state index contributed by atoms with van der Waals surface area (Å²) in [7, 11) is 0. The molecule has 0 bridgehead atoms. The minimum Gasteiger partial charge on any atom is -0.368 e. The van der Waals surface area contributed by atoms with E-state index < -0.39 is 0 Å². The number of aryl methyl sites for hydroxylation is 1. The first-order valence-electron chi connectivity index (χ1n) is 7.16. The molecule has 0 amide bonds. The molecule has 22 heavy (non-hydrogen) atoms. The number of nitrogens with one attached hydrogen (secondary N) is 1. The molecule has 2 heterocycles. The zero-order valence-corrected chi connectivity index (χ0v) is 13.8. The summed E-state index contributed by atoms with van der Waals surface area (Å²) in [5.41, 5.74) is 2.63. The number of halogens is 1. The molecule has 3 rings (SSSR count). The second-order valence-electron chi connectivity index (χ2n) is 5.37. The van der Waals surface area contributed by atoms with Gasteiger partial charge in [-0.15, -0.1) is 0 Å². The third-order valence-electron chi connectivity index (χ3n) is 3.74. The second-order valence-corrected chi connectivity index (χ2v) is 6.29. The fraction of sp³-hybridized carbons (Fsp3) is 0.312. The summed E-state index contributed by atoms with van der Waals surface area (Å²) in [6.45, 7) is 3.70. The zero-order valence-electron chi connectivity index (χ0n) is 12.3. The van der Waals surface area contributed by atoms with Crippen LogP contribution >= 0.6 is 15.9 Å². The molecule has 1 aromatic carbocycles. The molecule has 0 spiro atoms. The molecule has 1 aromatic heterocycles. The fourth-order valence-corrected chi connectivity index (χ4v) is 3.01. The topological polar surface area (TPSA) is 64.8 Å². The van der Waals surface area contributed by atoms with Crippen molar-refractivity contribution in [1.82, 2.24) is 9.97 Å². The monoisotopic (exact) mass is 357 g/mol. The minimum absolute atomic E-state index is 0.285. The normalized spacial score (nSPS) is 17.3. The molecule has 1 saturated heterocycles. The second kappa shape index (κ2) is 6.32. The summed E-state index contributed by atoms with van der Waals surface area (Å²) >= 11 is 3.48. The Bertz CT molecular complexity index is 725. The van der Waals surface area contributed by atoms with Crippen LogP contribution < -0.4 is 10.2 Å². The van der Waals surface area contributed by atoms with E-state index >= 15 is 0 Å². The van der Waals surface area contributed by atoms with Gasteiger partial charge in [-0.25, -0.2) is 9.97 Å². The highest BCUT2D eigenvalue weighted by molar-refractivity contribution is 9.10. The van der Waals surface area contributed by atoms with Gasteiger partial charge in [0.2, 0.25) is 5.95 Å². The van der Waals surface area contributed by atoms with Crippen LogP contribution in [0.1, 0.15) is 17.7 Å². The van der Waals surface area contributed by atoms with Crippen LogP contribution in [0.3, 0.4) is 0 Å².